The predicted octanol–water partition coefficient (Wildman–Crippen LogP) is 5.53. The molecule has 0 spiro atoms. The van der Waals surface area contributed by atoms with Crippen LogP contribution in [0.25, 0.3) is 0 Å². The molecule has 2 atom stereocenters. The van der Waals surface area contributed by atoms with Crippen molar-refractivity contribution in [2.45, 2.75) is 34.1 Å². The maximum atomic E-state index is 4.11. The molecular formula is C20H29N. The zero-order chi connectivity index (χ0) is 15.9. The lowest BCUT2D eigenvalue weighted by Gasteiger charge is -2.24. The minimum atomic E-state index is 0.271. The second-order valence-corrected chi connectivity index (χ2v) is 6.68. The lowest BCUT2D eigenvalue weighted by molar-refractivity contribution is 0.314. The molecule has 1 aliphatic rings. The minimum Gasteiger partial charge on any atom is -0.359 e. The van der Waals surface area contributed by atoms with Gasteiger partial charge in [-0.1, -0.05) is 77.3 Å². The van der Waals surface area contributed by atoms with Gasteiger partial charge in [-0.15, -0.1) is 0 Å². The Kier molecular flexibility index (Phi) is 6.48. The molecule has 1 rings (SSSR count). The van der Waals surface area contributed by atoms with E-state index in [2.05, 4.69) is 82.6 Å². The van der Waals surface area contributed by atoms with Crippen molar-refractivity contribution in [2.24, 2.45) is 17.3 Å². The Hall–Kier alpha value is -1.76. The van der Waals surface area contributed by atoms with Crippen LogP contribution >= 0.6 is 0 Å². The summed E-state index contributed by atoms with van der Waals surface area (Å²) in [6.07, 6.45) is 17.7. The van der Waals surface area contributed by atoms with Crippen molar-refractivity contribution >= 4 is 0 Å². The van der Waals surface area contributed by atoms with Gasteiger partial charge in [0.25, 0.3) is 0 Å². The third-order valence-corrected chi connectivity index (χ3v) is 3.93. The maximum Gasteiger partial charge on any atom is 0.0305 e. The number of rotatable bonds is 6. The molecule has 0 heterocycles. The first-order chi connectivity index (χ1) is 9.84. The Labute approximate surface area is 130 Å². The molecule has 0 fully saturated rings. The van der Waals surface area contributed by atoms with Crippen molar-refractivity contribution in [3.63, 3.8) is 0 Å². The summed E-state index contributed by atoms with van der Waals surface area (Å²) >= 11 is 0. The van der Waals surface area contributed by atoms with Gasteiger partial charge in [0.1, 0.15) is 0 Å². The van der Waals surface area contributed by atoms with Gasteiger partial charge in [0.15, 0.2) is 0 Å². The summed E-state index contributed by atoms with van der Waals surface area (Å²) in [4.78, 5) is 0. The minimum absolute atomic E-state index is 0.271. The fraction of sp³-hybridized carbons (Fsp3) is 0.400. The summed E-state index contributed by atoms with van der Waals surface area (Å²) in [6, 6.07) is 0. The number of hydrogen-bond acceptors (Lipinski definition) is 1. The number of allylic oxidation sites excluding steroid dienone is 8. The molecule has 0 aliphatic heterocycles. The van der Waals surface area contributed by atoms with E-state index in [0.29, 0.717) is 11.8 Å². The Morgan fingerprint density at radius 3 is 2.57 bits per heavy atom. The van der Waals surface area contributed by atoms with Crippen molar-refractivity contribution in [2.75, 3.05) is 0 Å². The second kappa shape index (κ2) is 7.87. The Morgan fingerprint density at radius 2 is 2.05 bits per heavy atom. The van der Waals surface area contributed by atoms with Crippen molar-refractivity contribution in [3.8, 4) is 0 Å². The van der Waals surface area contributed by atoms with E-state index >= 15 is 0 Å². The average Bonchev–Trinajstić information content (AvgIpc) is 2.44. The molecule has 0 saturated heterocycles. The zero-order valence-corrected chi connectivity index (χ0v) is 13.9. The van der Waals surface area contributed by atoms with Gasteiger partial charge >= 0.3 is 0 Å². The van der Waals surface area contributed by atoms with E-state index in [-0.39, 0.29) is 5.41 Å². The standard InChI is InChI=1S/C20H29N/c1-7-11-19(18-12-9-8-10-13-18)21-17(3)15-14-16(2)20(4,5)6/h7-12,14-16,18,21H,1,3,13H2,2,4-6H3/b15-14-,19-11+/t16?,18-/m1/s1. The van der Waals surface area contributed by atoms with Crippen LogP contribution in [0.2, 0.25) is 0 Å². The van der Waals surface area contributed by atoms with E-state index in [9.17, 15) is 0 Å². The van der Waals surface area contributed by atoms with Gasteiger partial charge in [-0.25, -0.2) is 0 Å². The summed E-state index contributed by atoms with van der Waals surface area (Å²) in [5, 5.41) is 3.42. The Bertz CT molecular complexity index is 480. The van der Waals surface area contributed by atoms with Crippen LogP contribution in [-0.2, 0) is 0 Å². The first-order valence-electron chi connectivity index (χ1n) is 7.64. The lowest BCUT2D eigenvalue weighted by atomic mass is 9.82. The van der Waals surface area contributed by atoms with Gasteiger partial charge in [-0.2, -0.15) is 0 Å². The van der Waals surface area contributed by atoms with Crippen LogP contribution in [0, 0.1) is 17.3 Å². The monoisotopic (exact) mass is 283 g/mol. The fourth-order valence-corrected chi connectivity index (χ4v) is 1.97. The van der Waals surface area contributed by atoms with Crippen LogP contribution in [0.5, 0.6) is 0 Å². The summed E-state index contributed by atoms with van der Waals surface area (Å²) in [5.74, 6) is 0.874. The summed E-state index contributed by atoms with van der Waals surface area (Å²) in [5.41, 5.74) is 2.33. The first-order valence-corrected chi connectivity index (χ1v) is 7.64. The van der Waals surface area contributed by atoms with Gasteiger partial charge < -0.3 is 5.32 Å². The highest BCUT2D eigenvalue weighted by Gasteiger charge is 2.17. The Morgan fingerprint density at radius 1 is 1.33 bits per heavy atom. The molecule has 1 nitrogen and oxygen atoms in total. The third-order valence-electron chi connectivity index (χ3n) is 3.93. The molecule has 0 saturated carbocycles. The van der Waals surface area contributed by atoms with Gasteiger partial charge in [-0.3, -0.25) is 0 Å². The molecule has 0 bridgehead atoms. The smallest absolute Gasteiger partial charge is 0.0305 e. The van der Waals surface area contributed by atoms with Crippen molar-refractivity contribution < 1.29 is 0 Å². The zero-order valence-electron chi connectivity index (χ0n) is 13.9. The molecule has 0 aromatic carbocycles. The van der Waals surface area contributed by atoms with Crippen LogP contribution in [0.4, 0.5) is 0 Å². The molecule has 1 N–H and O–H groups in total. The highest BCUT2D eigenvalue weighted by molar-refractivity contribution is 5.28. The Balaban J connectivity index is 2.68. The van der Waals surface area contributed by atoms with E-state index in [1.165, 1.54) is 0 Å². The van der Waals surface area contributed by atoms with Gasteiger partial charge in [0, 0.05) is 17.3 Å². The number of nitrogens with one attached hydrogen (secondary N) is 1. The number of hydrogen-bond donors (Lipinski definition) is 1. The fourth-order valence-electron chi connectivity index (χ4n) is 1.97. The molecule has 1 heteroatoms. The second-order valence-electron chi connectivity index (χ2n) is 6.68. The lowest BCUT2D eigenvalue weighted by Crippen LogP contribution is -2.19. The quantitative estimate of drug-likeness (QED) is 0.632. The van der Waals surface area contributed by atoms with Gasteiger partial charge in [0.2, 0.25) is 0 Å². The van der Waals surface area contributed by atoms with Crippen LogP contribution in [0.15, 0.2) is 73.2 Å². The molecule has 0 aromatic heterocycles. The SMILES string of the molecule is C=C/C=C(/NC(=C)/C=C\C(C)C(C)(C)C)[C@@H]1C=CC=CC1. The molecule has 114 valence electrons. The van der Waals surface area contributed by atoms with Gasteiger partial charge in [-0.05, 0) is 29.9 Å². The van der Waals surface area contributed by atoms with Crippen molar-refractivity contribution in [1.29, 1.82) is 0 Å². The van der Waals surface area contributed by atoms with E-state index in [0.717, 1.165) is 17.8 Å². The molecule has 0 radical (unpaired) electrons. The molecule has 0 aromatic rings. The van der Waals surface area contributed by atoms with E-state index in [1.807, 2.05) is 12.2 Å². The molecule has 0 amide bonds. The van der Waals surface area contributed by atoms with E-state index in [1.54, 1.807) is 0 Å². The summed E-state index contributed by atoms with van der Waals surface area (Å²) < 4.78 is 0. The van der Waals surface area contributed by atoms with E-state index < -0.39 is 0 Å². The summed E-state index contributed by atoms with van der Waals surface area (Å²) in [6.45, 7) is 16.9. The van der Waals surface area contributed by atoms with Crippen LogP contribution in [0.1, 0.15) is 34.1 Å². The largest absolute Gasteiger partial charge is 0.359 e. The maximum absolute atomic E-state index is 4.11. The normalized spacial score (nSPS) is 20.6. The van der Waals surface area contributed by atoms with E-state index in [4.69, 9.17) is 0 Å². The predicted molar refractivity (Wildman–Crippen MR) is 94.7 cm³/mol. The van der Waals surface area contributed by atoms with Crippen molar-refractivity contribution in [1.82, 2.24) is 5.32 Å². The van der Waals surface area contributed by atoms with Crippen LogP contribution < -0.4 is 5.32 Å². The molecule has 21 heavy (non-hydrogen) atoms. The molecule has 1 unspecified atom stereocenters. The van der Waals surface area contributed by atoms with Crippen LogP contribution in [-0.4, -0.2) is 0 Å². The average molecular weight is 283 g/mol. The highest BCUT2D eigenvalue weighted by Crippen LogP contribution is 2.26. The molecule has 1 aliphatic carbocycles. The van der Waals surface area contributed by atoms with Crippen molar-refractivity contribution in [3.05, 3.63) is 73.2 Å². The highest BCUT2D eigenvalue weighted by atomic mass is 14.9. The van der Waals surface area contributed by atoms with Gasteiger partial charge in [0.05, 0.1) is 0 Å². The van der Waals surface area contributed by atoms with Crippen LogP contribution in [0.3, 0.4) is 0 Å². The first kappa shape index (κ1) is 17.3. The third kappa shape index (κ3) is 6.03. The topological polar surface area (TPSA) is 12.0 Å². The summed E-state index contributed by atoms with van der Waals surface area (Å²) in [7, 11) is 0. The molecular weight excluding hydrogens is 254 g/mol.